The molecule has 0 amide bonds. The van der Waals surface area contributed by atoms with E-state index in [0.717, 1.165) is 16.9 Å². The molecule has 1 aromatic heterocycles. The Kier molecular flexibility index (Phi) is 3.40. The van der Waals surface area contributed by atoms with Crippen LogP contribution >= 0.6 is 0 Å². The Morgan fingerprint density at radius 2 is 2.17 bits per heavy atom. The minimum Gasteiger partial charge on any atom is -0.439 e. The lowest BCUT2D eigenvalue weighted by Crippen LogP contribution is -1.91. The van der Waals surface area contributed by atoms with Crippen LogP contribution in [0.3, 0.4) is 0 Å². The highest BCUT2D eigenvalue weighted by Gasteiger charge is 2.03. The molecule has 0 aliphatic heterocycles. The second-order valence-electron chi connectivity index (χ2n) is 3.83. The summed E-state index contributed by atoms with van der Waals surface area (Å²) in [5, 5.41) is 8.68. The molecular weight excluding hydrogens is 224 g/mol. The number of pyridine rings is 1. The van der Waals surface area contributed by atoms with E-state index in [1.807, 2.05) is 31.2 Å². The highest BCUT2D eigenvalue weighted by Crippen LogP contribution is 2.24. The molecule has 18 heavy (non-hydrogen) atoms. The maximum Gasteiger partial charge on any atom is 0.219 e. The smallest absolute Gasteiger partial charge is 0.219 e. The van der Waals surface area contributed by atoms with Gasteiger partial charge in [0.2, 0.25) is 5.88 Å². The zero-order chi connectivity index (χ0) is 13.0. The first kappa shape index (κ1) is 11.9. The van der Waals surface area contributed by atoms with Crippen LogP contribution in [0.15, 0.2) is 43.1 Å². The lowest BCUT2D eigenvalue weighted by atomic mass is 10.1. The van der Waals surface area contributed by atoms with Crippen LogP contribution in [0.5, 0.6) is 11.6 Å². The maximum absolute atomic E-state index is 8.68. The van der Waals surface area contributed by atoms with Crippen LogP contribution < -0.4 is 4.74 Å². The minimum atomic E-state index is 0.475. The van der Waals surface area contributed by atoms with Crippen molar-refractivity contribution in [2.75, 3.05) is 0 Å². The first-order chi connectivity index (χ1) is 8.72. The second kappa shape index (κ2) is 5.15. The van der Waals surface area contributed by atoms with E-state index < -0.39 is 0 Å². The van der Waals surface area contributed by atoms with Gasteiger partial charge < -0.3 is 4.74 Å². The van der Waals surface area contributed by atoms with Crippen LogP contribution in [0.4, 0.5) is 0 Å². The Morgan fingerprint density at radius 3 is 2.72 bits per heavy atom. The van der Waals surface area contributed by atoms with E-state index >= 15 is 0 Å². The Bertz CT molecular complexity index is 609. The van der Waals surface area contributed by atoms with Crippen LogP contribution in [-0.4, -0.2) is 4.98 Å². The van der Waals surface area contributed by atoms with Crippen molar-refractivity contribution in [3.8, 4) is 17.7 Å². The molecule has 0 fully saturated rings. The molecule has 1 heterocycles. The van der Waals surface area contributed by atoms with Gasteiger partial charge in [-0.3, -0.25) is 0 Å². The van der Waals surface area contributed by atoms with Gasteiger partial charge in [0, 0.05) is 12.3 Å². The normalized spacial score (nSPS) is 9.56. The highest BCUT2D eigenvalue weighted by molar-refractivity contribution is 5.51. The van der Waals surface area contributed by atoms with Crippen molar-refractivity contribution >= 4 is 6.08 Å². The molecule has 0 unspecified atom stereocenters. The number of rotatable bonds is 3. The molecule has 2 aromatic rings. The molecule has 1 aromatic carbocycles. The molecular formula is C15H12N2O. The van der Waals surface area contributed by atoms with Crippen molar-refractivity contribution < 1.29 is 4.74 Å². The van der Waals surface area contributed by atoms with E-state index in [1.54, 1.807) is 18.2 Å². The number of hydrogen-bond acceptors (Lipinski definition) is 3. The number of nitriles is 1. The van der Waals surface area contributed by atoms with Gasteiger partial charge in [-0.2, -0.15) is 5.26 Å². The standard InChI is InChI=1S/C15H12N2O/c1-3-12-4-6-14(11(2)8-12)18-15-7-5-13(9-16)10-17-15/h3-8,10H,1H2,2H3. The summed E-state index contributed by atoms with van der Waals surface area (Å²) in [4.78, 5) is 4.06. The van der Waals surface area contributed by atoms with Crippen LogP contribution in [0.2, 0.25) is 0 Å². The molecule has 0 saturated carbocycles. The SMILES string of the molecule is C=Cc1ccc(Oc2ccc(C#N)cn2)c(C)c1. The van der Waals surface area contributed by atoms with Gasteiger partial charge in [0.1, 0.15) is 11.8 Å². The maximum atomic E-state index is 8.68. The number of hydrogen-bond donors (Lipinski definition) is 0. The van der Waals surface area contributed by atoms with Gasteiger partial charge >= 0.3 is 0 Å². The molecule has 0 aliphatic carbocycles. The Hall–Kier alpha value is -2.60. The summed E-state index contributed by atoms with van der Waals surface area (Å²) in [6.45, 7) is 5.69. The highest BCUT2D eigenvalue weighted by atomic mass is 16.5. The summed E-state index contributed by atoms with van der Waals surface area (Å²) in [5.74, 6) is 1.22. The number of nitrogens with zero attached hydrogens (tertiary/aromatic N) is 2. The van der Waals surface area contributed by atoms with E-state index in [0.29, 0.717) is 11.4 Å². The van der Waals surface area contributed by atoms with Gasteiger partial charge in [-0.15, -0.1) is 0 Å². The van der Waals surface area contributed by atoms with E-state index in [2.05, 4.69) is 11.6 Å². The predicted octanol–water partition coefficient (Wildman–Crippen LogP) is 3.70. The summed E-state index contributed by atoms with van der Waals surface area (Å²) in [6.07, 6.45) is 3.28. The Labute approximate surface area is 106 Å². The number of ether oxygens (including phenoxy) is 1. The first-order valence-electron chi connectivity index (χ1n) is 5.50. The summed E-state index contributed by atoms with van der Waals surface area (Å²) in [7, 11) is 0. The van der Waals surface area contributed by atoms with E-state index in [-0.39, 0.29) is 0 Å². The summed E-state index contributed by atoms with van der Waals surface area (Å²) >= 11 is 0. The molecule has 0 saturated heterocycles. The van der Waals surface area contributed by atoms with Gasteiger partial charge in [-0.05, 0) is 36.2 Å². The molecule has 0 atom stereocenters. The van der Waals surface area contributed by atoms with Crippen LogP contribution in [0.1, 0.15) is 16.7 Å². The molecule has 88 valence electrons. The number of benzene rings is 1. The lowest BCUT2D eigenvalue weighted by Gasteiger charge is -2.08. The van der Waals surface area contributed by atoms with Gasteiger partial charge in [0.05, 0.1) is 5.56 Å². The van der Waals surface area contributed by atoms with Crippen molar-refractivity contribution in [2.45, 2.75) is 6.92 Å². The minimum absolute atomic E-state index is 0.475. The zero-order valence-corrected chi connectivity index (χ0v) is 10.1. The largest absolute Gasteiger partial charge is 0.439 e. The van der Waals surface area contributed by atoms with Crippen molar-refractivity contribution in [1.82, 2.24) is 4.98 Å². The summed E-state index contributed by atoms with van der Waals surface area (Å²) in [6, 6.07) is 11.2. The fraction of sp³-hybridized carbons (Fsp3) is 0.0667. The molecule has 0 spiro atoms. The van der Waals surface area contributed by atoms with E-state index in [1.165, 1.54) is 6.20 Å². The molecule has 2 rings (SSSR count). The van der Waals surface area contributed by atoms with Crippen LogP contribution in [-0.2, 0) is 0 Å². The fourth-order valence-electron chi connectivity index (χ4n) is 1.53. The van der Waals surface area contributed by atoms with E-state index in [4.69, 9.17) is 10.00 Å². The summed E-state index contributed by atoms with van der Waals surface area (Å²) < 4.78 is 5.65. The predicted molar refractivity (Wildman–Crippen MR) is 70.3 cm³/mol. The van der Waals surface area contributed by atoms with Crippen molar-refractivity contribution in [3.05, 3.63) is 59.8 Å². The Morgan fingerprint density at radius 1 is 1.33 bits per heavy atom. The van der Waals surface area contributed by atoms with Gasteiger partial charge in [-0.1, -0.05) is 18.7 Å². The average molecular weight is 236 g/mol. The molecule has 3 nitrogen and oxygen atoms in total. The summed E-state index contributed by atoms with van der Waals surface area (Å²) in [5.41, 5.74) is 2.58. The van der Waals surface area contributed by atoms with Crippen LogP contribution in [0, 0.1) is 18.3 Å². The first-order valence-corrected chi connectivity index (χ1v) is 5.50. The Balaban J connectivity index is 2.23. The molecule has 0 aliphatic rings. The fourth-order valence-corrected chi connectivity index (χ4v) is 1.53. The lowest BCUT2D eigenvalue weighted by molar-refractivity contribution is 0.459. The monoisotopic (exact) mass is 236 g/mol. The second-order valence-corrected chi connectivity index (χ2v) is 3.83. The molecule has 3 heteroatoms. The van der Waals surface area contributed by atoms with Crippen molar-refractivity contribution in [3.63, 3.8) is 0 Å². The third-order valence-electron chi connectivity index (χ3n) is 2.51. The number of aromatic nitrogens is 1. The topological polar surface area (TPSA) is 45.9 Å². The van der Waals surface area contributed by atoms with Crippen molar-refractivity contribution in [2.24, 2.45) is 0 Å². The van der Waals surface area contributed by atoms with Crippen LogP contribution in [0.25, 0.3) is 6.08 Å². The number of aryl methyl sites for hydroxylation is 1. The van der Waals surface area contributed by atoms with E-state index in [9.17, 15) is 0 Å². The molecule has 0 radical (unpaired) electrons. The third-order valence-corrected chi connectivity index (χ3v) is 2.51. The molecule has 0 bridgehead atoms. The third kappa shape index (κ3) is 2.55. The van der Waals surface area contributed by atoms with Gasteiger partial charge in [0.25, 0.3) is 0 Å². The molecule has 0 N–H and O–H groups in total. The van der Waals surface area contributed by atoms with Gasteiger partial charge in [0.15, 0.2) is 0 Å². The average Bonchev–Trinajstić information content (AvgIpc) is 2.42. The van der Waals surface area contributed by atoms with Gasteiger partial charge in [-0.25, -0.2) is 4.98 Å². The zero-order valence-electron chi connectivity index (χ0n) is 10.1. The van der Waals surface area contributed by atoms with Crippen molar-refractivity contribution in [1.29, 1.82) is 5.26 Å². The quantitative estimate of drug-likeness (QED) is 0.816.